The van der Waals surface area contributed by atoms with Crippen LogP contribution in [0, 0.1) is 5.92 Å². The first-order chi connectivity index (χ1) is 12.4. The molecule has 0 amide bonds. The third-order valence-electron chi connectivity index (χ3n) is 6.32. The Morgan fingerprint density at radius 3 is 2.73 bits per heavy atom. The van der Waals surface area contributed by atoms with Crippen molar-refractivity contribution in [3.8, 4) is 11.3 Å². The highest BCUT2D eigenvalue weighted by Crippen LogP contribution is 2.44. The van der Waals surface area contributed by atoms with Gasteiger partial charge in [0.15, 0.2) is 0 Å². The Balaban J connectivity index is 1.70. The van der Waals surface area contributed by atoms with E-state index in [4.69, 9.17) is 4.74 Å². The van der Waals surface area contributed by atoms with Crippen molar-refractivity contribution in [1.82, 2.24) is 4.57 Å². The quantitative estimate of drug-likeness (QED) is 0.658. The van der Waals surface area contributed by atoms with E-state index in [-0.39, 0.29) is 11.5 Å². The van der Waals surface area contributed by atoms with Crippen molar-refractivity contribution in [2.45, 2.75) is 52.2 Å². The summed E-state index contributed by atoms with van der Waals surface area (Å²) >= 11 is 0. The van der Waals surface area contributed by atoms with Crippen molar-refractivity contribution in [2.24, 2.45) is 5.92 Å². The van der Waals surface area contributed by atoms with Gasteiger partial charge in [-0.1, -0.05) is 6.92 Å². The van der Waals surface area contributed by atoms with E-state index in [0.29, 0.717) is 6.61 Å². The molecule has 1 aromatic carbocycles. The number of piperidine rings is 1. The molecule has 1 fully saturated rings. The van der Waals surface area contributed by atoms with Gasteiger partial charge < -0.3 is 9.64 Å². The summed E-state index contributed by atoms with van der Waals surface area (Å²) in [4.78, 5) is 15.6. The molecule has 136 valence electrons. The van der Waals surface area contributed by atoms with E-state index in [9.17, 15) is 4.79 Å². The predicted molar refractivity (Wildman–Crippen MR) is 103 cm³/mol. The minimum atomic E-state index is -0.229. The second-order valence-corrected chi connectivity index (χ2v) is 8.74. The number of fused-ring (bicyclic) bond motifs is 5. The summed E-state index contributed by atoms with van der Waals surface area (Å²) in [6, 6.07) is 6.27. The van der Waals surface area contributed by atoms with Crippen molar-refractivity contribution in [1.29, 1.82) is 0 Å². The lowest BCUT2D eigenvalue weighted by Crippen LogP contribution is -2.37. The molecular formula is C22H26N2O2. The third-order valence-corrected chi connectivity index (χ3v) is 6.32. The molecule has 0 atom stereocenters. The molecule has 3 aliphatic heterocycles. The van der Waals surface area contributed by atoms with E-state index in [1.807, 2.05) is 12.3 Å². The maximum Gasteiger partial charge on any atom is 0.263 e. The summed E-state index contributed by atoms with van der Waals surface area (Å²) < 4.78 is 7.95. The average Bonchev–Trinajstić information content (AvgIpc) is 3.18. The molecule has 0 bridgehead atoms. The standard InChI is InChI=1S/C22H26N2O2/c1-14-6-9-23(10-7-14)19-11-15-18-5-4-8-24(18)21(25)20(15)16-12-22(2,3)26-13-17(16)19/h4-5,8,11,14H,6-7,9-10,12-13H2,1-3H3. The second kappa shape index (κ2) is 5.46. The average molecular weight is 350 g/mol. The SMILES string of the molecule is CC1CCN(c2cc3c(c4c2COC(C)(C)C4)C(=O)n2cccc2-3)CC1. The number of nitrogens with zero attached hydrogens (tertiary/aromatic N) is 2. The van der Waals surface area contributed by atoms with Crippen LogP contribution >= 0.6 is 0 Å². The minimum Gasteiger partial charge on any atom is -0.371 e. The molecule has 2 aromatic rings. The van der Waals surface area contributed by atoms with Crippen LogP contribution in [-0.4, -0.2) is 29.2 Å². The van der Waals surface area contributed by atoms with Gasteiger partial charge in [-0.15, -0.1) is 0 Å². The zero-order valence-corrected chi connectivity index (χ0v) is 15.8. The number of hydrogen-bond donors (Lipinski definition) is 0. The van der Waals surface area contributed by atoms with Gasteiger partial charge in [-0.05, 0) is 56.4 Å². The largest absolute Gasteiger partial charge is 0.371 e. The highest BCUT2D eigenvalue weighted by atomic mass is 16.5. The summed E-state index contributed by atoms with van der Waals surface area (Å²) in [7, 11) is 0. The molecule has 1 saturated heterocycles. The summed E-state index contributed by atoms with van der Waals surface area (Å²) in [5.41, 5.74) is 6.53. The Morgan fingerprint density at radius 1 is 1.19 bits per heavy atom. The van der Waals surface area contributed by atoms with Crippen LogP contribution in [0.4, 0.5) is 5.69 Å². The maximum atomic E-state index is 13.1. The van der Waals surface area contributed by atoms with Gasteiger partial charge in [0.25, 0.3) is 5.91 Å². The monoisotopic (exact) mass is 350 g/mol. The summed E-state index contributed by atoms with van der Waals surface area (Å²) in [6.07, 6.45) is 5.14. The van der Waals surface area contributed by atoms with Crippen LogP contribution in [0.2, 0.25) is 0 Å². The van der Waals surface area contributed by atoms with Crippen molar-refractivity contribution < 1.29 is 9.53 Å². The summed E-state index contributed by atoms with van der Waals surface area (Å²) in [6.45, 7) is 9.36. The molecule has 5 rings (SSSR count). The van der Waals surface area contributed by atoms with Crippen LogP contribution in [0.5, 0.6) is 0 Å². The smallest absolute Gasteiger partial charge is 0.263 e. The molecular weight excluding hydrogens is 324 g/mol. The first-order valence-corrected chi connectivity index (χ1v) is 9.75. The number of aromatic nitrogens is 1. The van der Waals surface area contributed by atoms with Crippen molar-refractivity contribution in [3.63, 3.8) is 0 Å². The number of anilines is 1. The zero-order valence-electron chi connectivity index (χ0n) is 15.8. The number of carbonyl (C=O) groups is 1. The van der Waals surface area contributed by atoms with E-state index in [1.165, 1.54) is 29.7 Å². The van der Waals surface area contributed by atoms with Gasteiger partial charge >= 0.3 is 0 Å². The lowest BCUT2D eigenvalue weighted by molar-refractivity contribution is -0.0399. The highest BCUT2D eigenvalue weighted by molar-refractivity contribution is 6.11. The molecule has 0 aliphatic carbocycles. The van der Waals surface area contributed by atoms with Gasteiger partial charge in [-0.25, -0.2) is 0 Å². The fraction of sp³-hybridized carbons (Fsp3) is 0.500. The fourth-order valence-electron chi connectivity index (χ4n) is 4.74. The van der Waals surface area contributed by atoms with E-state index in [0.717, 1.165) is 42.2 Å². The topological polar surface area (TPSA) is 34.5 Å². The summed E-state index contributed by atoms with van der Waals surface area (Å²) in [5.74, 6) is 0.915. The van der Waals surface area contributed by atoms with Crippen LogP contribution in [0.1, 0.15) is 55.1 Å². The number of carbonyl (C=O) groups excluding carboxylic acids is 1. The molecule has 3 aliphatic rings. The lowest BCUT2D eigenvalue weighted by atomic mass is 9.84. The van der Waals surface area contributed by atoms with Crippen molar-refractivity contribution in [3.05, 3.63) is 41.1 Å². The fourth-order valence-corrected chi connectivity index (χ4v) is 4.74. The third kappa shape index (κ3) is 2.28. The molecule has 1 aromatic heterocycles. The second-order valence-electron chi connectivity index (χ2n) is 8.74. The van der Waals surface area contributed by atoms with Crippen LogP contribution in [0.3, 0.4) is 0 Å². The first kappa shape index (κ1) is 16.1. The number of hydrogen-bond acceptors (Lipinski definition) is 3. The number of benzene rings is 1. The molecule has 4 heteroatoms. The Morgan fingerprint density at radius 2 is 1.96 bits per heavy atom. The molecule has 0 spiro atoms. The molecule has 0 radical (unpaired) electrons. The number of rotatable bonds is 1. The van der Waals surface area contributed by atoms with Gasteiger partial charge in [0.2, 0.25) is 0 Å². The van der Waals surface area contributed by atoms with Gasteiger partial charge in [0.1, 0.15) is 0 Å². The zero-order chi connectivity index (χ0) is 18.1. The molecule has 4 nitrogen and oxygen atoms in total. The van der Waals surface area contributed by atoms with Crippen LogP contribution in [0.25, 0.3) is 11.3 Å². The Hall–Kier alpha value is -2.07. The van der Waals surface area contributed by atoms with E-state index < -0.39 is 0 Å². The van der Waals surface area contributed by atoms with E-state index in [1.54, 1.807) is 4.57 Å². The van der Waals surface area contributed by atoms with Crippen LogP contribution in [0.15, 0.2) is 24.4 Å². The Labute approximate surface area is 154 Å². The molecule has 0 unspecified atom stereocenters. The predicted octanol–water partition coefficient (Wildman–Crippen LogP) is 4.24. The Bertz CT molecular complexity index is 901. The maximum absolute atomic E-state index is 13.1. The number of ether oxygens (including phenoxy) is 1. The van der Waals surface area contributed by atoms with E-state index >= 15 is 0 Å². The van der Waals surface area contributed by atoms with Crippen molar-refractivity contribution >= 4 is 11.6 Å². The van der Waals surface area contributed by atoms with Gasteiger partial charge in [0.05, 0.1) is 23.5 Å². The summed E-state index contributed by atoms with van der Waals surface area (Å²) in [5, 5.41) is 0. The van der Waals surface area contributed by atoms with E-state index in [2.05, 4.69) is 37.8 Å². The lowest BCUT2D eigenvalue weighted by Gasteiger charge is -2.38. The minimum absolute atomic E-state index is 0.118. The van der Waals surface area contributed by atoms with Crippen LogP contribution in [-0.2, 0) is 17.8 Å². The Kier molecular flexibility index (Phi) is 3.39. The van der Waals surface area contributed by atoms with Gasteiger partial charge in [-0.2, -0.15) is 0 Å². The molecule has 0 saturated carbocycles. The molecule has 26 heavy (non-hydrogen) atoms. The van der Waals surface area contributed by atoms with Crippen molar-refractivity contribution in [2.75, 3.05) is 18.0 Å². The van der Waals surface area contributed by atoms with Gasteiger partial charge in [0, 0.05) is 42.5 Å². The first-order valence-electron chi connectivity index (χ1n) is 9.75. The van der Waals surface area contributed by atoms with Crippen LogP contribution < -0.4 is 4.90 Å². The molecule has 4 heterocycles. The normalized spacial score (nSPS) is 21.5. The van der Waals surface area contributed by atoms with Gasteiger partial charge in [-0.3, -0.25) is 9.36 Å². The molecule has 0 N–H and O–H groups in total. The highest BCUT2D eigenvalue weighted by Gasteiger charge is 2.38.